The lowest BCUT2D eigenvalue weighted by atomic mass is 9.94. The van der Waals surface area contributed by atoms with E-state index in [1.807, 2.05) is 0 Å². The van der Waals surface area contributed by atoms with Crippen molar-refractivity contribution in [2.45, 2.75) is 38.5 Å². The molecule has 0 bridgehead atoms. The van der Waals surface area contributed by atoms with Crippen LogP contribution in [0.4, 0.5) is 0 Å². The Morgan fingerprint density at radius 2 is 1.91 bits per heavy atom. The number of methoxy groups -OCH3 is 1. The Kier molecular flexibility index (Phi) is 4.34. The van der Waals surface area contributed by atoms with E-state index in [4.69, 9.17) is 4.74 Å². The van der Waals surface area contributed by atoms with Gasteiger partial charge in [-0.3, -0.25) is 4.79 Å². The number of carbonyl (C=O) groups excluding carboxylic acids is 1. The fraction of sp³-hybridized carbons (Fsp3) is 0.412. The molecular weight excluding hydrogens is 346 g/mol. The second-order valence-electron chi connectivity index (χ2n) is 5.66. The minimum atomic E-state index is -0.478. The van der Waals surface area contributed by atoms with Gasteiger partial charge in [-0.05, 0) is 53.7 Å². The number of nitrogens with one attached hydrogen (secondary N) is 1. The Morgan fingerprint density at radius 1 is 1.18 bits per heavy atom. The molecule has 0 unspecified atom stereocenters. The number of aromatic amines is 1. The fourth-order valence-corrected chi connectivity index (χ4v) is 3.59. The van der Waals surface area contributed by atoms with Crippen LogP contribution >= 0.6 is 15.9 Å². The Balaban J connectivity index is 2.34. The lowest BCUT2D eigenvalue weighted by molar-refractivity contribution is 0.0603. The number of rotatable bonds is 1. The van der Waals surface area contributed by atoms with Crippen LogP contribution in [0.25, 0.3) is 10.9 Å². The van der Waals surface area contributed by atoms with E-state index in [9.17, 15) is 9.59 Å². The normalized spacial score (nSPS) is 15.0. The molecule has 22 heavy (non-hydrogen) atoms. The van der Waals surface area contributed by atoms with E-state index < -0.39 is 5.97 Å². The van der Waals surface area contributed by atoms with Crippen molar-refractivity contribution >= 4 is 32.8 Å². The Hall–Kier alpha value is -1.62. The van der Waals surface area contributed by atoms with Crippen molar-refractivity contribution in [1.82, 2.24) is 4.98 Å². The summed E-state index contributed by atoms with van der Waals surface area (Å²) in [6, 6.07) is 3.42. The molecule has 1 aromatic carbocycles. The maximum absolute atomic E-state index is 13.0. The standard InChI is InChI=1S/C17H18BrNO3/c1-22-17(21)11-8-9-12(18)15-14(11)16(20)10-6-4-2-3-5-7-13(10)19-15/h8-9H,2-7H2,1H3,(H,19,20). The largest absolute Gasteiger partial charge is 0.465 e. The molecule has 116 valence electrons. The second kappa shape index (κ2) is 6.24. The highest BCUT2D eigenvalue weighted by Gasteiger charge is 2.20. The smallest absolute Gasteiger partial charge is 0.338 e. The number of ether oxygens (including phenoxy) is 1. The molecule has 0 saturated heterocycles. The van der Waals surface area contributed by atoms with E-state index >= 15 is 0 Å². The van der Waals surface area contributed by atoms with Gasteiger partial charge in [-0.2, -0.15) is 0 Å². The van der Waals surface area contributed by atoms with Crippen LogP contribution in [0, 0.1) is 0 Å². The Morgan fingerprint density at radius 3 is 2.64 bits per heavy atom. The molecule has 1 aromatic heterocycles. The van der Waals surface area contributed by atoms with E-state index in [0.29, 0.717) is 16.5 Å². The first-order chi connectivity index (χ1) is 10.6. The van der Waals surface area contributed by atoms with Gasteiger partial charge >= 0.3 is 5.97 Å². The summed E-state index contributed by atoms with van der Waals surface area (Å²) in [5.41, 5.74) is 2.82. The third-order valence-corrected chi connectivity index (χ3v) is 4.97. The van der Waals surface area contributed by atoms with E-state index in [0.717, 1.165) is 47.8 Å². The molecule has 0 amide bonds. The van der Waals surface area contributed by atoms with Gasteiger partial charge in [0.15, 0.2) is 5.43 Å². The average molecular weight is 364 g/mol. The molecule has 3 rings (SSSR count). The molecule has 0 spiro atoms. The van der Waals surface area contributed by atoms with Crippen LogP contribution in [-0.2, 0) is 17.6 Å². The van der Waals surface area contributed by atoms with Gasteiger partial charge in [0.1, 0.15) is 0 Å². The third-order valence-electron chi connectivity index (χ3n) is 4.30. The maximum atomic E-state index is 13.0. The number of aryl methyl sites for hydroxylation is 1. The van der Waals surface area contributed by atoms with E-state index in [1.54, 1.807) is 12.1 Å². The maximum Gasteiger partial charge on any atom is 0.338 e. The number of halogens is 1. The van der Waals surface area contributed by atoms with Crippen molar-refractivity contribution in [3.8, 4) is 0 Å². The molecular formula is C17H18BrNO3. The highest BCUT2D eigenvalue weighted by molar-refractivity contribution is 9.10. The minimum Gasteiger partial charge on any atom is -0.465 e. The van der Waals surface area contributed by atoms with Gasteiger partial charge in [-0.1, -0.05) is 12.8 Å². The second-order valence-corrected chi connectivity index (χ2v) is 6.52. The van der Waals surface area contributed by atoms with Gasteiger partial charge in [-0.15, -0.1) is 0 Å². The molecule has 5 heteroatoms. The summed E-state index contributed by atoms with van der Waals surface area (Å²) in [4.78, 5) is 28.4. The summed E-state index contributed by atoms with van der Waals surface area (Å²) in [7, 11) is 1.33. The molecule has 0 atom stereocenters. The predicted octanol–water partition coefficient (Wildman–Crippen LogP) is 3.74. The number of fused-ring (bicyclic) bond motifs is 2. The summed E-state index contributed by atoms with van der Waals surface area (Å²) in [6.45, 7) is 0. The van der Waals surface area contributed by atoms with Gasteiger partial charge in [-0.25, -0.2) is 4.79 Å². The first-order valence-corrected chi connectivity index (χ1v) is 8.37. The van der Waals surface area contributed by atoms with Gasteiger partial charge in [0, 0.05) is 15.7 Å². The van der Waals surface area contributed by atoms with Crippen molar-refractivity contribution in [3.63, 3.8) is 0 Å². The number of carbonyl (C=O) groups is 1. The summed E-state index contributed by atoms with van der Waals surface area (Å²) in [6.07, 6.45) is 6.11. The predicted molar refractivity (Wildman–Crippen MR) is 89.5 cm³/mol. The number of hydrogen-bond acceptors (Lipinski definition) is 3. The first-order valence-electron chi connectivity index (χ1n) is 7.58. The summed E-state index contributed by atoms with van der Waals surface area (Å²) < 4.78 is 5.61. The van der Waals surface area contributed by atoms with Crippen LogP contribution in [0.1, 0.15) is 47.3 Å². The van der Waals surface area contributed by atoms with Gasteiger partial charge < -0.3 is 9.72 Å². The highest BCUT2D eigenvalue weighted by atomic mass is 79.9. The molecule has 0 saturated carbocycles. The molecule has 0 aliphatic heterocycles. The zero-order chi connectivity index (χ0) is 15.7. The molecule has 0 radical (unpaired) electrons. The van der Waals surface area contributed by atoms with Crippen molar-refractivity contribution in [3.05, 3.63) is 43.6 Å². The van der Waals surface area contributed by atoms with Crippen molar-refractivity contribution in [2.24, 2.45) is 0 Å². The van der Waals surface area contributed by atoms with Crippen molar-refractivity contribution < 1.29 is 9.53 Å². The molecule has 2 aromatic rings. The molecule has 1 aliphatic rings. The molecule has 4 nitrogen and oxygen atoms in total. The number of H-pyrrole nitrogens is 1. The SMILES string of the molecule is COC(=O)c1ccc(Br)c2[nH]c3c(c(=O)c12)CCCCCC3. The highest BCUT2D eigenvalue weighted by Crippen LogP contribution is 2.27. The van der Waals surface area contributed by atoms with Crippen molar-refractivity contribution in [2.75, 3.05) is 7.11 Å². The number of esters is 1. The van der Waals surface area contributed by atoms with E-state index in [-0.39, 0.29) is 5.43 Å². The first kappa shape index (κ1) is 15.3. The zero-order valence-electron chi connectivity index (χ0n) is 12.5. The van der Waals surface area contributed by atoms with Crippen LogP contribution in [0.3, 0.4) is 0 Å². The quantitative estimate of drug-likeness (QED) is 0.785. The lowest BCUT2D eigenvalue weighted by Gasteiger charge is -2.16. The Labute approximate surface area is 137 Å². The lowest BCUT2D eigenvalue weighted by Crippen LogP contribution is -2.19. The monoisotopic (exact) mass is 363 g/mol. The summed E-state index contributed by atoms with van der Waals surface area (Å²) >= 11 is 3.48. The topological polar surface area (TPSA) is 59.2 Å². The van der Waals surface area contributed by atoms with Crippen LogP contribution in [-0.4, -0.2) is 18.1 Å². The van der Waals surface area contributed by atoms with E-state index in [1.165, 1.54) is 13.5 Å². The number of aromatic nitrogens is 1. The molecule has 1 heterocycles. The van der Waals surface area contributed by atoms with Crippen LogP contribution < -0.4 is 5.43 Å². The van der Waals surface area contributed by atoms with Crippen LogP contribution in [0.5, 0.6) is 0 Å². The molecule has 1 aliphatic carbocycles. The van der Waals surface area contributed by atoms with Gasteiger partial charge in [0.05, 0.1) is 23.6 Å². The van der Waals surface area contributed by atoms with Crippen LogP contribution in [0.15, 0.2) is 21.4 Å². The van der Waals surface area contributed by atoms with E-state index in [2.05, 4.69) is 20.9 Å². The number of hydrogen-bond donors (Lipinski definition) is 1. The average Bonchev–Trinajstić information content (AvgIpc) is 2.49. The Bertz CT molecular complexity index is 795. The van der Waals surface area contributed by atoms with Crippen LogP contribution in [0.2, 0.25) is 0 Å². The number of benzene rings is 1. The molecule has 0 fully saturated rings. The summed E-state index contributed by atoms with van der Waals surface area (Å²) in [5, 5.41) is 0.431. The third kappa shape index (κ3) is 2.58. The number of pyridine rings is 1. The fourth-order valence-electron chi connectivity index (χ4n) is 3.16. The minimum absolute atomic E-state index is 0.0349. The zero-order valence-corrected chi connectivity index (χ0v) is 14.1. The summed E-state index contributed by atoms with van der Waals surface area (Å²) in [5.74, 6) is -0.478. The van der Waals surface area contributed by atoms with Crippen molar-refractivity contribution in [1.29, 1.82) is 0 Å². The van der Waals surface area contributed by atoms with Gasteiger partial charge in [0.25, 0.3) is 0 Å². The molecule has 1 N–H and O–H groups in total. The van der Waals surface area contributed by atoms with Gasteiger partial charge in [0.2, 0.25) is 0 Å².